The average Bonchev–Trinajstić information content (AvgIpc) is 3.29. The van der Waals surface area contributed by atoms with Crippen LogP contribution in [-0.2, 0) is 4.74 Å². The molecule has 2 aliphatic rings. The Morgan fingerprint density at radius 2 is 2.11 bits per heavy atom. The van der Waals surface area contributed by atoms with Gasteiger partial charge in [0.15, 0.2) is 0 Å². The number of hydrogen-bond acceptors (Lipinski definition) is 4. The molecule has 6 heteroatoms. The molecule has 3 aromatic rings. The zero-order valence-electron chi connectivity index (χ0n) is 14.9. The van der Waals surface area contributed by atoms with Crippen LogP contribution >= 0.6 is 0 Å². The lowest BCUT2D eigenvalue weighted by molar-refractivity contribution is -0.122. The van der Waals surface area contributed by atoms with Crippen LogP contribution in [0.2, 0.25) is 0 Å². The standard InChI is InChI=1S/C21H21N3O3/c25-20(18-11-15-5-1-2-6-17(15)23-18)24-13-21(14-24)16(8-10-27-21)12-26-19-7-3-4-9-22-19/h1-7,9,11,16,23H,8,10,12-14H2. The number of likely N-dealkylation sites (tertiary alicyclic amines) is 1. The number of aromatic nitrogens is 2. The van der Waals surface area contributed by atoms with Crippen LogP contribution in [0.4, 0.5) is 0 Å². The maximum atomic E-state index is 12.8. The second-order valence-electron chi connectivity index (χ2n) is 7.31. The predicted octanol–water partition coefficient (Wildman–Crippen LogP) is 2.87. The van der Waals surface area contributed by atoms with Gasteiger partial charge in [-0.2, -0.15) is 0 Å². The molecule has 1 unspecified atom stereocenters. The van der Waals surface area contributed by atoms with Crippen molar-refractivity contribution in [2.45, 2.75) is 12.0 Å². The Balaban J connectivity index is 1.24. The number of H-pyrrole nitrogens is 1. The lowest BCUT2D eigenvalue weighted by atomic mass is 9.81. The summed E-state index contributed by atoms with van der Waals surface area (Å²) < 4.78 is 11.9. The number of nitrogens with zero attached hydrogens (tertiary/aromatic N) is 2. The highest BCUT2D eigenvalue weighted by Crippen LogP contribution is 2.40. The third kappa shape index (κ3) is 2.86. The quantitative estimate of drug-likeness (QED) is 0.774. The summed E-state index contributed by atoms with van der Waals surface area (Å²) in [5, 5.41) is 1.05. The monoisotopic (exact) mass is 363 g/mol. The highest BCUT2D eigenvalue weighted by molar-refractivity contribution is 5.98. The molecule has 0 radical (unpaired) electrons. The van der Waals surface area contributed by atoms with Crippen molar-refractivity contribution in [3.63, 3.8) is 0 Å². The van der Waals surface area contributed by atoms with Crippen LogP contribution < -0.4 is 4.74 Å². The minimum Gasteiger partial charge on any atom is -0.477 e. The maximum absolute atomic E-state index is 12.8. The number of hydrogen-bond donors (Lipinski definition) is 1. The van der Waals surface area contributed by atoms with E-state index in [0.29, 0.717) is 37.9 Å². The van der Waals surface area contributed by atoms with Gasteiger partial charge in [-0.25, -0.2) is 4.98 Å². The molecule has 4 heterocycles. The summed E-state index contributed by atoms with van der Waals surface area (Å²) in [5.74, 6) is 0.924. The predicted molar refractivity (Wildman–Crippen MR) is 101 cm³/mol. The number of rotatable bonds is 4. The highest BCUT2D eigenvalue weighted by Gasteiger charge is 2.55. The maximum Gasteiger partial charge on any atom is 0.270 e. The van der Waals surface area contributed by atoms with E-state index in [1.165, 1.54) is 0 Å². The molecule has 1 amide bonds. The molecule has 2 fully saturated rings. The molecule has 1 atom stereocenters. The number of carbonyl (C=O) groups is 1. The lowest BCUT2D eigenvalue weighted by Crippen LogP contribution is -2.66. The summed E-state index contributed by atoms with van der Waals surface area (Å²) in [6, 6.07) is 15.5. The molecule has 2 saturated heterocycles. The van der Waals surface area contributed by atoms with Gasteiger partial charge in [0.05, 0.1) is 19.7 Å². The molecule has 138 valence electrons. The van der Waals surface area contributed by atoms with Crippen molar-refractivity contribution in [1.29, 1.82) is 0 Å². The Morgan fingerprint density at radius 1 is 1.26 bits per heavy atom. The number of para-hydroxylation sites is 1. The Labute approximate surface area is 157 Å². The van der Waals surface area contributed by atoms with E-state index in [4.69, 9.17) is 9.47 Å². The van der Waals surface area contributed by atoms with E-state index in [-0.39, 0.29) is 17.4 Å². The van der Waals surface area contributed by atoms with E-state index in [9.17, 15) is 4.79 Å². The van der Waals surface area contributed by atoms with E-state index >= 15 is 0 Å². The summed E-state index contributed by atoms with van der Waals surface area (Å²) in [4.78, 5) is 22.1. The molecule has 0 bridgehead atoms. The first kappa shape index (κ1) is 16.3. The van der Waals surface area contributed by atoms with Crippen molar-refractivity contribution in [3.05, 3.63) is 60.4 Å². The topological polar surface area (TPSA) is 67.5 Å². The van der Waals surface area contributed by atoms with Crippen molar-refractivity contribution in [2.24, 2.45) is 5.92 Å². The number of ether oxygens (including phenoxy) is 2. The van der Waals surface area contributed by atoms with Crippen molar-refractivity contribution in [1.82, 2.24) is 14.9 Å². The molecule has 5 rings (SSSR count). The van der Waals surface area contributed by atoms with E-state index in [1.807, 2.05) is 53.4 Å². The van der Waals surface area contributed by atoms with Gasteiger partial charge in [0.2, 0.25) is 5.88 Å². The highest BCUT2D eigenvalue weighted by atomic mass is 16.5. The Bertz CT molecular complexity index is 930. The van der Waals surface area contributed by atoms with Crippen molar-refractivity contribution >= 4 is 16.8 Å². The molecule has 1 N–H and O–H groups in total. The van der Waals surface area contributed by atoms with Gasteiger partial charge in [0.25, 0.3) is 5.91 Å². The molecular formula is C21H21N3O3. The van der Waals surface area contributed by atoms with Crippen LogP contribution in [0.15, 0.2) is 54.7 Å². The van der Waals surface area contributed by atoms with Crippen LogP contribution in [0.3, 0.4) is 0 Å². The number of carbonyl (C=O) groups excluding carboxylic acids is 1. The average molecular weight is 363 g/mol. The number of pyridine rings is 1. The minimum absolute atomic E-state index is 0.0247. The van der Waals surface area contributed by atoms with Crippen molar-refractivity contribution in [2.75, 3.05) is 26.3 Å². The van der Waals surface area contributed by atoms with E-state index in [2.05, 4.69) is 9.97 Å². The Morgan fingerprint density at radius 3 is 2.93 bits per heavy atom. The molecule has 2 aliphatic heterocycles. The van der Waals surface area contributed by atoms with E-state index < -0.39 is 0 Å². The Hall–Kier alpha value is -2.86. The fourth-order valence-corrected chi connectivity index (χ4v) is 4.09. The summed E-state index contributed by atoms with van der Waals surface area (Å²) in [5.41, 5.74) is 1.33. The van der Waals surface area contributed by atoms with Gasteiger partial charge in [-0.05, 0) is 24.6 Å². The molecule has 2 aromatic heterocycles. The molecule has 0 saturated carbocycles. The number of nitrogens with one attached hydrogen (secondary N) is 1. The number of fused-ring (bicyclic) bond motifs is 1. The number of benzene rings is 1. The number of amides is 1. The van der Waals surface area contributed by atoms with Crippen molar-refractivity contribution in [3.8, 4) is 5.88 Å². The lowest BCUT2D eigenvalue weighted by Gasteiger charge is -2.49. The van der Waals surface area contributed by atoms with Gasteiger partial charge in [-0.1, -0.05) is 24.3 Å². The summed E-state index contributed by atoms with van der Waals surface area (Å²) in [7, 11) is 0. The van der Waals surface area contributed by atoms with Gasteiger partial charge in [0, 0.05) is 35.7 Å². The van der Waals surface area contributed by atoms with Crippen LogP contribution in [-0.4, -0.2) is 52.7 Å². The third-order valence-electron chi connectivity index (χ3n) is 5.63. The molecule has 27 heavy (non-hydrogen) atoms. The van der Waals surface area contributed by atoms with Crippen LogP contribution in [0, 0.1) is 5.92 Å². The second kappa shape index (κ2) is 6.39. The number of aromatic amines is 1. The summed E-state index contributed by atoms with van der Waals surface area (Å²) >= 11 is 0. The zero-order valence-corrected chi connectivity index (χ0v) is 14.9. The third-order valence-corrected chi connectivity index (χ3v) is 5.63. The molecule has 0 aliphatic carbocycles. The van der Waals surface area contributed by atoms with E-state index in [0.717, 1.165) is 17.3 Å². The first-order valence-corrected chi connectivity index (χ1v) is 9.28. The minimum atomic E-state index is -0.281. The molecule has 6 nitrogen and oxygen atoms in total. The van der Waals surface area contributed by atoms with Crippen LogP contribution in [0.25, 0.3) is 10.9 Å². The smallest absolute Gasteiger partial charge is 0.270 e. The first-order chi connectivity index (χ1) is 13.2. The van der Waals surface area contributed by atoms with Gasteiger partial charge in [-0.3, -0.25) is 4.79 Å². The molecular weight excluding hydrogens is 342 g/mol. The molecule has 1 spiro atoms. The Kier molecular flexibility index (Phi) is 3.86. The van der Waals surface area contributed by atoms with Gasteiger partial charge >= 0.3 is 0 Å². The normalized spacial score (nSPS) is 20.7. The van der Waals surface area contributed by atoms with Crippen molar-refractivity contribution < 1.29 is 14.3 Å². The van der Waals surface area contributed by atoms with Gasteiger partial charge in [-0.15, -0.1) is 0 Å². The SMILES string of the molecule is O=C(c1cc2ccccc2[nH]1)N1CC2(C1)OCCC2COc1ccccn1. The van der Waals surface area contributed by atoms with Gasteiger partial charge in [0.1, 0.15) is 11.3 Å². The second-order valence-corrected chi connectivity index (χ2v) is 7.31. The fourth-order valence-electron chi connectivity index (χ4n) is 4.09. The zero-order chi connectivity index (χ0) is 18.3. The summed E-state index contributed by atoms with van der Waals surface area (Å²) in [6.45, 7) is 2.49. The fraction of sp³-hybridized carbons (Fsp3) is 0.333. The summed E-state index contributed by atoms with van der Waals surface area (Å²) in [6.07, 6.45) is 2.67. The van der Waals surface area contributed by atoms with Crippen LogP contribution in [0.1, 0.15) is 16.9 Å². The molecule has 1 aromatic carbocycles. The van der Waals surface area contributed by atoms with Crippen LogP contribution in [0.5, 0.6) is 5.88 Å². The first-order valence-electron chi connectivity index (χ1n) is 9.28. The van der Waals surface area contributed by atoms with E-state index in [1.54, 1.807) is 6.20 Å². The van der Waals surface area contributed by atoms with Gasteiger partial charge < -0.3 is 19.4 Å². The largest absolute Gasteiger partial charge is 0.477 e.